The Hall–Kier alpha value is -1.23. The number of aryl methyl sites for hydroxylation is 1. The summed E-state index contributed by atoms with van der Waals surface area (Å²) < 4.78 is 16.3. The van der Waals surface area contributed by atoms with Crippen molar-refractivity contribution in [1.29, 1.82) is 0 Å². The van der Waals surface area contributed by atoms with Gasteiger partial charge >= 0.3 is 0 Å². The van der Waals surface area contributed by atoms with Crippen molar-refractivity contribution < 1.29 is 4.39 Å². The molecule has 94 valence electrons. The van der Waals surface area contributed by atoms with E-state index in [1.54, 1.807) is 6.33 Å². The maximum atomic E-state index is 13.5. The fourth-order valence-corrected chi connectivity index (χ4v) is 3.15. The summed E-state index contributed by atoms with van der Waals surface area (Å²) in [5.41, 5.74) is 0.774. The van der Waals surface area contributed by atoms with Crippen molar-refractivity contribution in [1.82, 2.24) is 14.8 Å². The third-order valence-electron chi connectivity index (χ3n) is 3.66. The molecule has 1 aliphatic carbocycles. The average molecular weight is 310 g/mol. The molecule has 1 aromatic heterocycles. The van der Waals surface area contributed by atoms with Crippen molar-refractivity contribution in [3.63, 3.8) is 0 Å². The topological polar surface area (TPSA) is 30.7 Å². The third-order valence-corrected chi connectivity index (χ3v) is 4.15. The first-order valence-electron chi connectivity index (χ1n) is 5.86. The molecule has 1 fully saturated rings. The van der Waals surface area contributed by atoms with Gasteiger partial charge in [0.1, 0.15) is 18.3 Å². The van der Waals surface area contributed by atoms with Crippen molar-refractivity contribution in [3.8, 4) is 0 Å². The molecule has 0 spiro atoms. The largest absolute Gasteiger partial charge is 0.320 e. The number of hydrogen-bond donors (Lipinski definition) is 0. The van der Waals surface area contributed by atoms with Crippen LogP contribution in [0.5, 0.6) is 0 Å². The van der Waals surface area contributed by atoms with E-state index in [1.165, 1.54) is 0 Å². The Morgan fingerprint density at radius 2 is 2.22 bits per heavy atom. The highest BCUT2D eigenvalue weighted by molar-refractivity contribution is 9.10. The van der Waals surface area contributed by atoms with Crippen LogP contribution in [0.3, 0.4) is 0 Å². The van der Waals surface area contributed by atoms with E-state index in [2.05, 4.69) is 26.1 Å². The number of alkyl halides is 1. The summed E-state index contributed by atoms with van der Waals surface area (Å²) in [6, 6.07) is 8.02. The fourth-order valence-electron chi connectivity index (χ4n) is 2.75. The van der Waals surface area contributed by atoms with Gasteiger partial charge in [-0.25, -0.2) is 4.39 Å². The number of benzene rings is 1. The van der Waals surface area contributed by atoms with Gasteiger partial charge in [0, 0.05) is 11.5 Å². The monoisotopic (exact) mass is 309 g/mol. The van der Waals surface area contributed by atoms with Crippen LogP contribution in [0, 0.1) is 0 Å². The number of aromatic nitrogens is 3. The van der Waals surface area contributed by atoms with Gasteiger partial charge in [0.2, 0.25) is 0 Å². The van der Waals surface area contributed by atoms with Gasteiger partial charge in [0.25, 0.3) is 0 Å². The van der Waals surface area contributed by atoms with Crippen LogP contribution in [0.15, 0.2) is 35.1 Å². The molecule has 1 saturated carbocycles. The SMILES string of the molecule is Cn1cnnc1[C@]1(c2cccc(Br)c2)C[C@@H](F)C1. The molecule has 0 bridgehead atoms. The summed E-state index contributed by atoms with van der Waals surface area (Å²) in [5.74, 6) is 0.842. The number of hydrogen-bond acceptors (Lipinski definition) is 2. The Balaban J connectivity index is 2.11. The predicted molar refractivity (Wildman–Crippen MR) is 70.1 cm³/mol. The average Bonchev–Trinajstić information content (AvgIpc) is 2.71. The zero-order valence-electron chi connectivity index (χ0n) is 9.98. The lowest BCUT2D eigenvalue weighted by Gasteiger charge is -2.43. The van der Waals surface area contributed by atoms with E-state index >= 15 is 0 Å². The van der Waals surface area contributed by atoms with Gasteiger partial charge < -0.3 is 4.57 Å². The second kappa shape index (κ2) is 4.16. The fraction of sp³-hybridized carbons (Fsp3) is 0.385. The minimum Gasteiger partial charge on any atom is -0.320 e. The van der Waals surface area contributed by atoms with E-state index in [-0.39, 0.29) is 5.41 Å². The number of rotatable bonds is 2. The zero-order valence-corrected chi connectivity index (χ0v) is 11.6. The van der Waals surface area contributed by atoms with Crippen LogP contribution in [-0.2, 0) is 12.5 Å². The maximum Gasteiger partial charge on any atom is 0.143 e. The van der Waals surface area contributed by atoms with E-state index in [0.29, 0.717) is 12.8 Å². The van der Waals surface area contributed by atoms with Gasteiger partial charge in [-0.3, -0.25) is 0 Å². The first kappa shape index (κ1) is 11.8. The molecule has 0 amide bonds. The molecule has 5 heteroatoms. The summed E-state index contributed by atoms with van der Waals surface area (Å²) >= 11 is 3.47. The van der Waals surface area contributed by atoms with Gasteiger partial charge in [0.05, 0.1) is 5.41 Å². The van der Waals surface area contributed by atoms with Crippen molar-refractivity contribution in [3.05, 3.63) is 46.5 Å². The Bertz CT molecular complexity index is 575. The Morgan fingerprint density at radius 1 is 1.44 bits per heavy atom. The number of nitrogens with zero attached hydrogens (tertiary/aromatic N) is 3. The van der Waals surface area contributed by atoms with Gasteiger partial charge in [-0.15, -0.1) is 10.2 Å². The van der Waals surface area contributed by atoms with Crippen LogP contribution >= 0.6 is 15.9 Å². The van der Waals surface area contributed by atoms with Crippen molar-refractivity contribution >= 4 is 15.9 Å². The second-order valence-corrected chi connectivity index (χ2v) is 5.78. The summed E-state index contributed by atoms with van der Waals surface area (Å²) in [7, 11) is 1.90. The van der Waals surface area contributed by atoms with Crippen LogP contribution in [0.2, 0.25) is 0 Å². The lowest BCUT2D eigenvalue weighted by molar-refractivity contribution is 0.114. The molecule has 3 rings (SSSR count). The third kappa shape index (κ3) is 1.68. The van der Waals surface area contributed by atoms with Crippen molar-refractivity contribution in [2.24, 2.45) is 7.05 Å². The molecule has 0 aliphatic heterocycles. The van der Waals surface area contributed by atoms with E-state index in [4.69, 9.17) is 0 Å². The molecule has 0 N–H and O–H groups in total. The van der Waals surface area contributed by atoms with E-state index in [0.717, 1.165) is 15.9 Å². The zero-order chi connectivity index (χ0) is 12.8. The van der Waals surface area contributed by atoms with Crippen molar-refractivity contribution in [2.75, 3.05) is 0 Å². The summed E-state index contributed by atoms with van der Waals surface area (Å²) in [6.45, 7) is 0. The molecule has 1 heterocycles. The van der Waals surface area contributed by atoms with Crippen LogP contribution in [0.4, 0.5) is 4.39 Å². The summed E-state index contributed by atoms with van der Waals surface area (Å²) in [6.07, 6.45) is 1.88. The minimum absolute atomic E-state index is 0.325. The highest BCUT2D eigenvalue weighted by Crippen LogP contribution is 2.49. The highest BCUT2D eigenvalue weighted by Gasteiger charge is 2.50. The lowest BCUT2D eigenvalue weighted by atomic mass is 9.62. The van der Waals surface area contributed by atoms with Gasteiger partial charge in [-0.2, -0.15) is 0 Å². The predicted octanol–water partition coefficient (Wildman–Crippen LogP) is 3.00. The highest BCUT2D eigenvalue weighted by atomic mass is 79.9. The Labute approximate surface area is 113 Å². The smallest absolute Gasteiger partial charge is 0.143 e. The van der Waals surface area contributed by atoms with Gasteiger partial charge in [-0.1, -0.05) is 28.1 Å². The van der Waals surface area contributed by atoms with Gasteiger partial charge in [-0.05, 0) is 30.5 Å². The first-order chi connectivity index (χ1) is 8.62. The number of halogens is 2. The minimum atomic E-state index is -0.749. The molecule has 18 heavy (non-hydrogen) atoms. The van der Waals surface area contributed by atoms with Crippen LogP contribution < -0.4 is 0 Å². The molecular formula is C13H13BrFN3. The van der Waals surface area contributed by atoms with Gasteiger partial charge in [0.15, 0.2) is 0 Å². The van der Waals surface area contributed by atoms with E-state index in [9.17, 15) is 4.39 Å². The molecule has 2 aromatic rings. The molecule has 0 unspecified atom stereocenters. The standard InChI is InChI=1S/C13H13BrFN3/c1-18-8-16-17-12(18)13(6-11(15)7-13)9-3-2-4-10(14)5-9/h2-5,8,11H,6-7H2,1H3/t11-,13-. The van der Waals surface area contributed by atoms with Crippen LogP contribution in [0.25, 0.3) is 0 Å². The Kier molecular flexibility index (Phi) is 2.73. The van der Waals surface area contributed by atoms with E-state index < -0.39 is 6.17 Å². The quantitative estimate of drug-likeness (QED) is 0.854. The summed E-state index contributed by atoms with van der Waals surface area (Å²) in [4.78, 5) is 0. The molecular weight excluding hydrogens is 297 g/mol. The Morgan fingerprint density at radius 3 is 2.78 bits per heavy atom. The molecule has 1 aliphatic rings. The second-order valence-electron chi connectivity index (χ2n) is 4.86. The van der Waals surface area contributed by atoms with Crippen LogP contribution in [0.1, 0.15) is 24.2 Å². The van der Waals surface area contributed by atoms with Crippen molar-refractivity contribution in [2.45, 2.75) is 24.4 Å². The normalized spacial score (nSPS) is 26.9. The molecule has 0 saturated heterocycles. The maximum absolute atomic E-state index is 13.5. The summed E-state index contributed by atoms with van der Waals surface area (Å²) in [5, 5.41) is 8.10. The molecule has 0 radical (unpaired) electrons. The molecule has 0 atom stereocenters. The first-order valence-corrected chi connectivity index (χ1v) is 6.66. The lowest BCUT2D eigenvalue weighted by Crippen LogP contribution is -2.45. The van der Waals surface area contributed by atoms with Crippen LogP contribution in [-0.4, -0.2) is 20.9 Å². The molecule has 1 aromatic carbocycles. The molecule has 3 nitrogen and oxygen atoms in total. The van der Waals surface area contributed by atoms with E-state index in [1.807, 2.05) is 35.9 Å².